The smallest absolute Gasteiger partial charge is 0.251 e. The van der Waals surface area contributed by atoms with Crippen LogP contribution < -0.4 is 5.32 Å². The van der Waals surface area contributed by atoms with Crippen molar-refractivity contribution in [2.24, 2.45) is 0 Å². The molecule has 4 nitrogen and oxygen atoms in total. The summed E-state index contributed by atoms with van der Waals surface area (Å²) in [5, 5.41) is 2.92. The van der Waals surface area contributed by atoms with E-state index in [-0.39, 0.29) is 5.91 Å². The molecule has 0 aliphatic rings. The van der Waals surface area contributed by atoms with Crippen molar-refractivity contribution < 1.29 is 9.53 Å². The minimum absolute atomic E-state index is 0.0353. The molecule has 136 valence electrons. The van der Waals surface area contributed by atoms with Gasteiger partial charge >= 0.3 is 0 Å². The summed E-state index contributed by atoms with van der Waals surface area (Å²) in [5.74, 6) is 0.808. The van der Waals surface area contributed by atoms with Gasteiger partial charge in [0.15, 0.2) is 4.34 Å². The van der Waals surface area contributed by atoms with Crippen LogP contribution in [0.2, 0.25) is 0 Å². The van der Waals surface area contributed by atoms with Gasteiger partial charge in [0.05, 0.1) is 10.2 Å². The van der Waals surface area contributed by atoms with Crippen molar-refractivity contribution in [3.8, 4) is 0 Å². The fourth-order valence-corrected chi connectivity index (χ4v) is 4.46. The first-order valence-corrected chi connectivity index (χ1v) is 10.5. The second-order valence-electron chi connectivity index (χ2n) is 5.74. The minimum atomic E-state index is -0.0353. The molecule has 3 rings (SSSR count). The van der Waals surface area contributed by atoms with Crippen LogP contribution >= 0.6 is 23.1 Å². The second kappa shape index (κ2) is 9.71. The number of para-hydroxylation sites is 1. The molecule has 0 saturated heterocycles. The summed E-state index contributed by atoms with van der Waals surface area (Å²) in [7, 11) is 0. The number of aromatic nitrogens is 1. The van der Waals surface area contributed by atoms with Crippen molar-refractivity contribution in [2.45, 2.75) is 23.4 Å². The maximum absolute atomic E-state index is 12.1. The van der Waals surface area contributed by atoms with Crippen molar-refractivity contribution in [1.82, 2.24) is 10.3 Å². The normalized spacial score (nSPS) is 11.0. The number of amides is 1. The Morgan fingerprint density at radius 2 is 2.00 bits per heavy atom. The number of hydrogen-bond acceptors (Lipinski definition) is 5. The average molecular weight is 387 g/mol. The highest BCUT2D eigenvalue weighted by molar-refractivity contribution is 8.00. The van der Waals surface area contributed by atoms with Crippen LogP contribution in [0, 0.1) is 0 Å². The Bertz CT molecular complexity index is 813. The molecule has 1 N–H and O–H groups in total. The Kier molecular flexibility index (Phi) is 7.05. The van der Waals surface area contributed by atoms with Crippen LogP contribution in [0.5, 0.6) is 0 Å². The quantitative estimate of drug-likeness (QED) is 0.426. The zero-order valence-electron chi connectivity index (χ0n) is 14.7. The Hall–Kier alpha value is -1.89. The maximum atomic E-state index is 12.1. The van der Waals surface area contributed by atoms with E-state index in [4.69, 9.17) is 4.74 Å². The van der Waals surface area contributed by atoms with Crippen molar-refractivity contribution in [1.29, 1.82) is 0 Å². The third kappa shape index (κ3) is 5.30. The van der Waals surface area contributed by atoms with Gasteiger partial charge in [-0.2, -0.15) is 0 Å². The standard InChI is InChI=1S/C20H22N2O2S2/c1-2-24-13-5-12-21-19(23)16-10-8-15(9-11-16)14-25-20-22-17-6-3-4-7-18(17)26-20/h3-4,6-11H,2,5,12-14H2,1H3,(H,21,23). The van der Waals surface area contributed by atoms with Crippen LogP contribution in [-0.2, 0) is 10.5 Å². The predicted molar refractivity (Wildman–Crippen MR) is 109 cm³/mol. The fraction of sp³-hybridized carbons (Fsp3) is 0.300. The number of nitrogens with one attached hydrogen (secondary N) is 1. The summed E-state index contributed by atoms with van der Waals surface area (Å²) in [6.45, 7) is 3.99. The van der Waals surface area contributed by atoms with E-state index >= 15 is 0 Å². The second-order valence-corrected chi connectivity index (χ2v) is 7.99. The molecule has 0 bridgehead atoms. The number of fused-ring (bicyclic) bond motifs is 1. The van der Waals surface area contributed by atoms with E-state index in [9.17, 15) is 4.79 Å². The number of ether oxygens (including phenoxy) is 1. The molecule has 0 saturated carbocycles. The van der Waals surface area contributed by atoms with E-state index in [1.165, 1.54) is 10.3 Å². The van der Waals surface area contributed by atoms with Crippen molar-refractivity contribution >= 4 is 39.2 Å². The summed E-state index contributed by atoms with van der Waals surface area (Å²) in [5.41, 5.74) is 2.92. The summed E-state index contributed by atoms with van der Waals surface area (Å²) in [6, 6.07) is 16.0. The van der Waals surface area contributed by atoms with Crippen LogP contribution in [0.3, 0.4) is 0 Å². The molecule has 0 aliphatic carbocycles. The van der Waals surface area contributed by atoms with Crippen molar-refractivity contribution in [3.05, 3.63) is 59.7 Å². The molecule has 3 aromatic rings. The van der Waals surface area contributed by atoms with Crippen molar-refractivity contribution in [2.75, 3.05) is 19.8 Å². The zero-order valence-corrected chi connectivity index (χ0v) is 16.4. The summed E-state index contributed by atoms with van der Waals surface area (Å²) < 4.78 is 7.55. The summed E-state index contributed by atoms with van der Waals surface area (Å²) in [4.78, 5) is 16.7. The number of carbonyl (C=O) groups is 1. The van der Waals surface area contributed by atoms with Gasteiger partial charge in [0.1, 0.15) is 0 Å². The molecule has 0 atom stereocenters. The largest absolute Gasteiger partial charge is 0.382 e. The van der Waals surface area contributed by atoms with Gasteiger partial charge in [-0.15, -0.1) is 11.3 Å². The summed E-state index contributed by atoms with van der Waals surface area (Å²) >= 11 is 3.44. The lowest BCUT2D eigenvalue weighted by Crippen LogP contribution is -2.25. The lowest BCUT2D eigenvalue weighted by molar-refractivity contribution is 0.0944. The maximum Gasteiger partial charge on any atom is 0.251 e. The van der Waals surface area contributed by atoms with Crippen LogP contribution in [-0.4, -0.2) is 30.6 Å². The molecular weight excluding hydrogens is 364 g/mol. The molecule has 0 spiro atoms. The average Bonchev–Trinajstić information content (AvgIpc) is 3.09. The number of thiazole rings is 1. The molecule has 1 aromatic heterocycles. The first-order chi connectivity index (χ1) is 12.8. The summed E-state index contributed by atoms with van der Waals surface area (Å²) in [6.07, 6.45) is 0.830. The molecule has 0 aliphatic heterocycles. The molecule has 6 heteroatoms. The molecule has 2 aromatic carbocycles. The lowest BCUT2D eigenvalue weighted by atomic mass is 10.1. The Labute approximate surface area is 162 Å². The van der Waals surface area contributed by atoms with E-state index in [0.29, 0.717) is 25.3 Å². The molecule has 1 amide bonds. The van der Waals surface area contributed by atoms with Gasteiger partial charge < -0.3 is 10.1 Å². The highest BCUT2D eigenvalue weighted by Crippen LogP contribution is 2.31. The van der Waals surface area contributed by atoms with Gasteiger partial charge in [-0.05, 0) is 43.2 Å². The van der Waals surface area contributed by atoms with Gasteiger partial charge in [-0.1, -0.05) is 36.0 Å². The van der Waals surface area contributed by atoms with Gasteiger partial charge in [-0.3, -0.25) is 4.79 Å². The third-order valence-corrected chi connectivity index (χ3v) is 6.06. The van der Waals surface area contributed by atoms with E-state index in [0.717, 1.165) is 22.0 Å². The monoisotopic (exact) mass is 386 g/mol. The van der Waals surface area contributed by atoms with E-state index in [1.54, 1.807) is 23.1 Å². The molecule has 0 fully saturated rings. The predicted octanol–water partition coefficient (Wildman–Crippen LogP) is 4.75. The number of benzene rings is 2. The molecule has 0 radical (unpaired) electrons. The fourth-order valence-electron chi connectivity index (χ4n) is 2.43. The van der Waals surface area contributed by atoms with Gasteiger partial charge in [0, 0.05) is 31.1 Å². The van der Waals surface area contributed by atoms with Crippen LogP contribution in [0.4, 0.5) is 0 Å². The minimum Gasteiger partial charge on any atom is -0.382 e. The van der Waals surface area contributed by atoms with Gasteiger partial charge in [0.2, 0.25) is 0 Å². The number of nitrogens with zero attached hydrogens (tertiary/aromatic N) is 1. The number of carbonyl (C=O) groups excluding carboxylic acids is 1. The number of thioether (sulfide) groups is 1. The molecule has 0 unspecified atom stereocenters. The topological polar surface area (TPSA) is 51.2 Å². The van der Waals surface area contributed by atoms with Crippen LogP contribution in [0.25, 0.3) is 10.2 Å². The van der Waals surface area contributed by atoms with E-state index in [1.807, 2.05) is 49.4 Å². The Morgan fingerprint density at radius 1 is 1.19 bits per heavy atom. The van der Waals surface area contributed by atoms with Gasteiger partial charge in [0.25, 0.3) is 5.91 Å². The SMILES string of the molecule is CCOCCCNC(=O)c1ccc(CSc2nc3ccccc3s2)cc1. The van der Waals surface area contributed by atoms with E-state index in [2.05, 4.69) is 16.4 Å². The van der Waals surface area contributed by atoms with E-state index < -0.39 is 0 Å². The van der Waals surface area contributed by atoms with Crippen LogP contribution in [0.15, 0.2) is 52.9 Å². The highest BCUT2D eigenvalue weighted by Gasteiger charge is 2.07. The first-order valence-electron chi connectivity index (χ1n) is 8.69. The Morgan fingerprint density at radius 3 is 2.77 bits per heavy atom. The van der Waals surface area contributed by atoms with Crippen molar-refractivity contribution in [3.63, 3.8) is 0 Å². The first kappa shape index (κ1) is 18.9. The van der Waals surface area contributed by atoms with Gasteiger partial charge in [-0.25, -0.2) is 4.98 Å². The molecular formula is C20H22N2O2S2. The number of hydrogen-bond donors (Lipinski definition) is 1. The third-order valence-electron chi connectivity index (χ3n) is 3.81. The Balaban J connectivity index is 1.48. The molecule has 1 heterocycles. The zero-order chi connectivity index (χ0) is 18.2. The number of rotatable bonds is 9. The molecule has 26 heavy (non-hydrogen) atoms. The highest BCUT2D eigenvalue weighted by atomic mass is 32.2. The van der Waals surface area contributed by atoms with Crippen LogP contribution in [0.1, 0.15) is 29.3 Å². The lowest BCUT2D eigenvalue weighted by Gasteiger charge is -2.06.